The van der Waals surface area contributed by atoms with Crippen LogP contribution < -0.4 is 0 Å². The number of nitrogens with zero attached hydrogens (tertiary/aromatic N) is 4. The largest absolute Gasteiger partial charge is 0.347 e. The molecule has 0 aliphatic heterocycles. The molecule has 0 unspecified atom stereocenters. The number of imidazole rings is 1. The lowest BCUT2D eigenvalue weighted by atomic mass is 10.4. The summed E-state index contributed by atoms with van der Waals surface area (Å²) in [5.41, 5.74) is 0. The topological polar surface area (TPSA) is 90.6 Å². The van der Waals surface area contributed by atoms with Crippen LogP contribution in [0.1, 0.15) is 22.3 Å². The molecule has 0 saturated heterocycles. The van der Waals surface area contributed by atoms with Gasteiger partial charge in [0.25, 0.3) is 5.91 Å². The first-order valence-electron chi connectivity index (χ1n) is 4.79. The number of carbonyl (C=O) groups is 1. The molecular formula is C9H12N6O. The predicted octanol–water partition coefficient (Wildman–Crippen LogP) is 0.108. The molecule has 7 nitrogen and oxygen atoms in total. The molecule has 2 rings (SSSR count). The lowest BCUT2D eigenvalue weighted by molar-refractivity contribution is 0.0770. The van der Waals surface area contributed by atoms with Gasteiger partial charge in [0.1, 0.15) is 11.6 Å². The summed E-state index contributed by atoms with van der Waals surface area (Å²) in [4.78, 5) is 24.3. The van der Waals surface area contributed by atoms with Gasteiger partial charge in [0.15, 0.2) is 0 Å². The summed E-state index contributed by atoms with van der Waals surface area (Å²) in [6, 6.07) is 0. The second-order valence-corrected chi connectivity index (χ2v) is 3.44. The van der Waals surface area contributed by atoms with Gasteiger partial charge in [0.05, 0.1) is 6.54 Å². The molecular weight excluding hydrogens is 208 g/mol. The van der Waals surface area contributed by atoms with Crippen LogP contribution in [-0.2, 0) is 6.54 Å². The second kappa shape index (κ2) is 4.13. The molecule has 0 aliphatic carbocycles. The van der Waals surface area contributed by atoms with E-state index in [2.05, 4.69) is 25.1 Å². The van der Waals surface area contributed by atoms with Crippen molar-refractivity contribution in [2.24, 2.45) is 0 Å². The molecule has 2 heterocycles. The normalized spacial score (nSPS) is 10.4. The van der Waals surface area contributed by atoms with Gasteiger partial charge in [-0.3, -0.25) is 9.89 Å². The van der Waals surface area contributed by atoms with E-state index in [0.29, 0.717) is 12.4 Å². The summed E-state index contributed by atoms with van der Waals surface area (Å²) < 4.78 is 0. The molecule has 0 spiro atoms. The van der Waals surface area contributed by atoms with Gasteiger partial charge in [-0.05, 0) is 6.92 Å². The van der Waals surface area contributed by atoms with E-state index in [1.54, 1.807) is 26.4 Å². The van der Waals surface area contributed by atoms with Gasteiger partial charge in [-0.2, -0.15) is 0 Å². The summed E-state index contributed by atoms with van der Waals surface area (Å²) in [6.45, 7) is 2.15. The molecule has 0 saturated carbocycles. The first-order valence-corrected chi connectivity index (χ1v) is 4.79. The van der Waals surface area contributed by atoms with Crippen LogP contribution in [0.3, 0.4) is 0 Å². The Kier molecular flexibility index (Phi) is 2.67. The van der Waals surface area contributed by atoms with Crippen molar-refractivity contribution in [3.63, 3.8) is 0 Å². The Morgan fingerprint density at radius 2 is 2.38 bits per heavy atom. The second-order valence-electron chi connectivity index (χ2n) is 3.44. The number of hydrogen-bond donors (Lipinski definition) is 2. The first-order chi connectivity index (χ1) is 7.66. The number of aryl methyl sites for hydroxylation is 1. The first kappa shape index (κ1) is 10.3. The molecule has 0 radical (unpaired) electrons. The summed E-state index contributed by atoms with van der Waals surface area (Å²) in [7, 11) is 1.68. The van der Waals surface area contributed by atoms with Gasteiger partial charge >= 0.3 is 0 Å². The van der Waals surface area contributed by atoms with Crippen LogP contribution in [0.25, 0.3) is 0 Å². The van der Waals surface area contributed by atoms with E-state index in [0.717, 1.165) is 5.82 Å². The fourth-order valence-corrected chi connectivity index (χ4v) is 1.29. The minimum atomic E-state index is -0.235. The minimum absolute atomic E-state index is 0.173. The van der Waals surface area contributed by atoms with Crippen LogP contribution in [0.2, 0.25) is 0 Å². The zero-order chi connectivity index (χ0) is 11.5. The highest BCUT2D eigenvalue weighted by Crippen LogP contribution is 2.01. The maximum atomic E-state index is 11.8. The third kappa shape index (κ3) is 2.08. The summed E-state index contributed by atoms with van der Waals surface area (Å²) >= 11 is 0. The Morgan fingerprint density at radius 3 is 2.94 bits per heavy atom. The van der Waals surface area contributed by atoms with E-state index in [9.17, 15) is 4.79 Å². The zero-order valence-corrected chi connectivity index (χ0v) is 9.06. The number of rotatable bonds is 3. The third-order valence-electron chi connectivity index (χ3n) is 2.08. The van der Waals surface area contributed by atoms with Crippen LogP contribution in [0.5, 0.6) is 0 Å². The average molecular weight is 220 g/mol. The molecule has 16 heavy (non-hydrogen) atoms. The smallest absolute Gasteiger partial charge is 0.293 e. The van der Waals surface area contributed by atoms with Gasteiger partial charge in [-0.1, -0.05) is 0 Å². The van der Waals surface area contributed by atoms with Crippen molar-refractivity contribution in [2.45, 2.75) is 13.5 Å². The molecule has 84 valence electrons. The molecule has 2 aromatic heterocycles. The number of nitrogens with one attached hydrogen (secondary N) is 2. The average Bonchev–Trinajstić information content (AvgIpc) is 2.88. The fraction of sp³-hybridized carbons (Fsp3) is 0.333. The molecule has 0 bridgehead atoms. The minimum Gasteiger partial charge on any atom is -0.347 e. The lowest BCUT2D eigenvalue weighted by Gasteiger charge is -2.12. The Morgan fingerprint density at radius 1 is 1.56 bits per heavy atom. The predicted molar refractivity (Wildman–Crippen MR) is 55.5 cm³/mol. The highest BCUT2D eigenvalue weighted by molar-refractivity contribution is 5.90. The molecule has 1 amide bonds. The van der Waals surface area contributed by atoms with Gasteiger partial charge in [-0.25, -0.2) is 9.97 Å². The van der Waals surface area contributed by atoms with Crippen LogP contribution in [0, 0.1) is 6.92 Å². The summed E-state index contributed by atoms with van der Waals surface area (Å²) in [5.74, 6) is 1.28. The fourth-order valence-electron chi connectivity index (χ4n) is 1.29. The van der Waals surface area contributed by atoms with Crippen molar-refractivity contribution in [2.75, 3.05) is 7.05 Å². The van der Waals surface area contributed by atoms with Crippen molar-refractivity contribution < 1.29 is 4.79 Å². The molecule has 0 aliphatic rings. The van der Waals surface area contributed by atoms with E-state index in [4.69, 9.17) is 0 Å². The van der Waals surface area contributed by atoms with Crippen molar-refractivity contribution in [1.82, 2.24) is 30.0 Å². The quantitative estimate of drug-likeness (QED) is 0.768. The van der Waals surface area contributed by atoms with E-state index in [1.165, 1.54) is 4.90 Å². The molecule has 2 N–H and O–H groups in total. The van der Waals surface area contributed by atoms with E-state index < -0.39 is 0 Å². The Hall–Kier alpha value is -2.18. The van der Waals surface area contributed by atoms with Gasteiger partial charge in [0.2, 0.25) is 5.82 Å². The maximum absolute atomic E-state index is 11.8. The highest BCUT2D eigenvalue weighted by atomic mass is 16.2. The van der Waals surface area contributed by atoms with Gasteiger partial charge < -0.3 is 9.88 Å². The van der Waals surface area contributed by atoms with Crippen LogP contribution in [0.15, 0.2) is 12.4 Å². The van der Waals surface area contributed by atoms with Crippen molar-refractivity contribution in [3.05, 3.63) is 29.9 Å². The van der Waals surface area contributed by atoms with Crippen molar-refractivity contribution in [3.8, 4) is 0 Å². The zero-order valence-electron chi connectivity index (χ0n) is 9.06. The Balaban J connectivity index is 2.05. The summed E-state index contributed by atoms with van der Waals surface area (Å²) in [6.07, 6.45) is 3.36. The standard InChI is InChI=1S/C9H12N6O/c1-6-12-8(14-13-6)9(16)15(2)5-7-10-3-4-11-7/h3-4H,5H2,1-2H3,(H,10,11)(H,12,13,14). The van der Waals surface area contributed by atoms with Crippen LogP contribution >= 0.6 is 0 Å². The monoisotopic (exact) mass is 220 g/mol. The SMILES string of the molecule is Cc1nc(C(=O)N(C)Cc2ncc[nH]2)n[nH]1. The third-order valence-corrected chi connectivity index (χ3v) is 2.08. The molecule has 0 aromatic carbocycles. The number of hydrogen-bond acceptors (Lipinski definition) is 4. The number of carbonyl (C=O) groups excluding carboxylic acids is 1. The maximum Gasteiger partial charge on any atom is 0.293 e. The number of H-pyrrole nitrogens is 2. The van der Waals surface area contributed by atoms with E-state index in [1.807, 2.05) is 0 Å². The number of amides is 1. The van der Waals surface area contributed by atoms with Gasteiger partial charge in [-0.15, -0.1) is 5.10 Å². The van der Waals surface area contributed by atoms with E-state index in [-0.39, 0.29) is 11.7 Å². The van der Waals surface area contributed by atoms with Crippen molar-refractivity contribution >= 4 is 5.91 Å². The Bertz CT molecular complexity index is 474. The molecule has 7 heteroatoms. The highest BCUT2D eigenvalue weighted by Gasteiger charge is 2.16. The van der Waals surface area contributed by atoms with Crippen molar-refractivity contribution in [1.29, 1.82) is 0 Å². The number of aromatic nitrogens is 5. The summed E-state index contributed by atoms with van der Waals surface area (Å²) in [5, 5.41) is 6.44. The van der Waals surface area contributed by atoms with Gasteiger partial charge in [0, 0.05) is 19.4 Å². The van der Waals surface area contributed by atoms with Crippen LogP contribution in [0.4, 0.5) is 0 Å². The molecule has 2 aromatic rings. The number of aromatic amines is 2. The van der Waals surface area contributed by atoms with Crippen LogP contribution in [-0.4, -0.2) is 43.0 Å². The Labute approximate surface area is 91.9 Å². The van der Waals surface area contributed by atoms with E-state index >= 15 is 0 Å². The molecule has 0 fully saturated rings. The molecule has 0 atom stereocenters. The lowest BCUT2D eigenvalue weighted by Crippen LogP contribution is -2.27.